The lowest BCUT2D eigenvalue weighted by Gasteiger charge is -2.35. The van der Waals surface area contributed by atoms with Crippen molar-refractivity contribution in [3.8, 4) is 0 Å². The monoisotopic (exact) mass is 332 g/mol. The molecule has 1 aliphatic carbocycles. The van der Waals surface area contributed by atoms with Crippen LogP contribution in [0.5, 0.6) is 0 Å². The maximum absolute atomic E-state index is 13.2. The number of hydrogen-bond donors (Lipinski definition) is 1. The second-order valence-corrected chi connectivity index (χ2v) is 6.44. The zero-order chi connectivity index (χ0) is 16.8. The first-order valence-corrected chi connectivity index (χ1v) is 8.74. The first-order chi connectivity index (χ1) is 11.7. The van der Waals surface area contributed by atoms with E-state index in [4.69, 9.17) is 4.74 Å². The van der Waals surface area contributed by atoms with E-state index in [1.165, 1.54) is 12.1 Å². The molecule has 24 heavy (non-hydrogen) atoms. The zero-order valence-electron chi connectivity index (χ0n) is 13.9. The summed E-state index contributed by atoms with van der Waals surface area (Å²) < 4.78 is 18.7. The summed E-state index contributed by atoms with van der Waals surface area (Å²) in [6, 6.07) is 6.64. The van der Waals surface area contributed by atoms with E-state index in [-0.39, 0.29) is 23.7 Å². The van der Waals surface area contributed by atoms with E-state index in [1.807, 2.05) is 12.1 Å². The van der Waals surface area contributed by atoms with E-state index < -0.39 is 0 Å². The van der Waals surface area contributed by atoms with Crippen LogP contribution in [-0.4, -0.2) is 43.7 Å². The van der Waals surface area contributed by atoms with Gasteiger partial charge in [-0.1, -0.05) is 24.3 Å². The molecule has 1 aliphatic heterocycles. The molecule has 1 N–H and O–H groups in total. The number of nitrogens with one attached hydrogen (secondary N) is 1. The Hall–Kier alpha value is -1.72. The van der Waals surface area contributed by atoms with Gasteiger partial charge in [0.25, 0.3) is 0 Å². The Morgan fingerprint density at radius 1 is 1.25 bits per heavy atom. The molecule has 2 atom stereocenters. The summed E-state index contributed by atoms with van der Waals surface area (Å²) in [4.78, 5) is 14.7. The van der Waals surface area contributed by atoms with Crippen molar-refractivity contribution in [1.82, 2.24) is 10.2 Å². The van der Waals surface area contributed by atoms with Gasteiger partial charge in [0.15, 0.2) is 0 Å². The number of rotatable bonds is 5. The van der Waals surface area contributed by atoms with Gasteiger partial charge in [-0.3, -0.25) is 9.69 Å². The summed E-state index contributed by atoms with van der Waals surface area (Å²) >= 11 is 0. The predicted molar refractivity (Wildman–Crippen MR) is 91.0 cm³/mol. The largest absolute Gasteiger partial charge is 0.379 e. The maximum atomic E-state index is 13.2. The predicted octanol–water partition coefficient (Wildman–Crippen LogP) is 2.67. The molecule has 0 spiro atoms. The standard InChI is InChI=1S/C19H25FN2O2/c20-17-8-6-15(7-9-17)18(22-10-12-24-13-11-22)14-21-19(23)16-4-2-1-3-5-16/h1-2,6-9,16,18H,3-5,10-14H2,(H,21,23). The van der Waals surface area contributed by atoms with Gasteiger partial charge in [0.2, 0.25) is 5.91 Å². The van der Waals surface area contributed by atoms with Gasteiger partial charge in [0.05, 0.1) is 19.3 Å². The van der Waals surface area contributed by atoms with E-state index in [9.17, 15) is 9.18 Å². The minimum Gasteiger partial charge on any atom is -0.379 e. The van der Waals surface area contributed by atoms with Crippen LogP contribution >= 0.6 is 0 Å². The highest BCUT2D eigenvalue weighted by Gasteiger charge is 2.25. The van der Waals surface area contributed by atoms with Gasteiger partial charge in [0.1, 0.15) is 5.82 Å². The highest BCUT2D eigenvalue weighted by atomic mass is 19.1. The fourth-order valence-electron chi connectivity index (χ4n) is 3.41. The average molecular weight is 332 g/mol. The number of carbonyl (C=O) groups excluding carboxylic acids is 1. The van der Waals surface area contributed by atoms with Crippen LogP contribution < -0.4 is 5.32 Å². The van der Waals surface area contributed by atoms with Crippen LogP contribution in [0.15, 0.2) is 36.4 Å². The van der Waals surface area contributed by atoms with Crippen LogP contribution in [0.4, 0.5) is 4.39 Å². The second kappa shape index (κ2) is 8.40. The van der Waals surface area contributed by atoms with E-state index >= 15 is 0 Å². The summed E-state index contributed by atoms with van der Waals surface area (Å²) in [6.45, 7) is 3.58. The van der Waals surface area contributed by atoms with Crippen molar-refractivity contribution < 1.29 is 13.9 Å². The number of amides is 1. The molecule has 3 rings (SSSR count). The molecule has 0 aromatic heterocycles. The van der Waals surface area contributed by atoms with Crippen LogP contribution in [0.1, 0.15) is 30.9 Å². The van der Waals surface area contributed by atoms with E-state index in [2.05, 4.69) is 22.4 Å². The third-order valence-corrected chi connectivity index (χ3v) is 4.85. The number of halogens is 1. The molecule has 130 valence electrons. The molecule has 1 amide bonds. The van der Waals surface area contributed by atoms with Crippen LogP contribution in [0.2, 0.25) is 0 Å². The van der Waals surface area contributed by atoms with Crippen molar-refractivity contribution in [2.75, 3.05) is 32.8 Å². The van der Waals surface area contributed by atoms with Crippen molar-refractivity contribution >= 4 is 5.91 Å². The third-order valence-electron chi connectivity index (χ3n) is 4.85. The van der Waals surface area contributed by atoms with Gasteiger partial charge in [-0.05, 0) is 37.0 Å². The summed E-state index contributed by atoms with van der Waals surface area (Å²) in [5.74, 6) is -0.0363. The topological polar surface area (TPSA) is 41.6 Å². The zero-order valence-corrected chi connectivity index (χ0v) is 13.9. The smallest absolute Gasteiger partial charge is 0.223 e. The summed E-state index contributed by atoms with van der Waals surface area (Å²) in [5.41, 5.74) is 1.03. The number of carbonyl (C=O) groups is 1. The number of hydrogen-bond acceptors (Lipinski definition) is 3. The maximum Gasteiger partial charge on any atom is 0.223 e. The van der Waals surface area contributed by atoms with Crippen molar-refractivity contribution in [3.05, 3.63) is 47.8 Å². The Kier molecular flexibility index (Phi) is 5.99. The molecular formula is C19H25FN2O2. The molecular weight excluding hydrogens is 307 g/mol. The van der Waals surface area contributed by atoms with Crippen molar-refractivity contribution in [1.29, 1.82) is 0 Å². The Balaban J connectivity index is 1.66. The number of nitrogens with zero attached hydrogens (tertiary/aromatic N) is 1. The minimum absolute atomic E-state index is 0.0533. The molecule has 0 radical (unpaired) electrons. The molecule has 1 fully saturated rings. The Morgan fingerprint density at radius 3 is 2.67 bits per heavy atom. The lowest BCUT2D eigenvalue weighted by atomic mass is 9.93. The van der Waals surface area contributed by atoms with Gasteiger partial charge in [0, 0.05) is 25.6 Å². The molecule has 2 aliphatic rings. The minimum atomic E-state index is -0.238. The normalized spacial score (nSPS) is 23.0. The van der Waals surface area contributed by atoms with Crippen LogP contribution in [-0.2, 0) is 9.53 Å². The molecule has 1 aromatic carbocycles. The summed E-state index contributed by atoms with van der Waals surface area (Å²) in [6.07, 6.45) is 6.95. The molecule has 5 heteroatoms. The fraction of sp³-hybridized carbons (Fsp3) is 0.526. The van der Waals surface area contributed by atoms with E-state index in [0.717, 1.165) is 37.9 Å². The fourth-order valence-corrected chi connectivity index (χ4v) is 3.41. The summed E-state index contributed by atoms with van der Waals surface area (Å²) in [7, 11) is 0. The molecule has 1 heterocycles. The van der Waals surface area contributed by atoms with E-state index in [1.54, 1.807) is 0 Å². The lowest BCUT2D eigenvalue weighted by Crippen LogP contribution is -2.44. The summed E-state index contributed by atoms with van der Waals surface area (Å²) in [5, 5.41) is 3.11. The van der Waals surface area contributed by atoms with Crippen LogP contribution in [0.25, 0.3) is 0 Å². The van der Waals surface area contributed by atoms with Gasteiger partial charge < -0.3 is 10.1 Å². The Morgan fingerprint density at radius 2 is 2.00 bits per heavy atom. The van der Waals surface area contributed by atoms with Gasteiger partial charge in [-0.2, -0.15) is 0 Å². The molecule has 1 aromatic rings. The molecule has 4 nitrogen and oxygen atoms in total. The van der Waals surface area contributed by atoms with E-state index in [0.29, 0.717) is 19.8 Å². The quantitative estimate of drug-likeness (QED) is 0.843. The number of allylic oxidation sites excluding steroid dienone is 2. The SMILES string of the molecule is O=C(NCC(c1ccc(F)cc1)N1CCOCC1)C1CC=CCC1. The van der Waals surface area contributed by atoms with Crippen molar-refractivity contribution in [2.45, 2.75) is 25.3 Å². The van der Waals surface area contributed by atoms with Crippen LogP contribution in [0, 0.1) is 11.7 Å². The average Bonchev–Trinajstić information content (AvgIpc) is 2.65. The second-order valence-electron chi connectivity index (χ2n) is 6.44. The third kappa shape index (κ3) is 4.42. The Bertz CT molecular complexity index is 567. The number of benzene rings is 1. The molecule has 0 saturated carbocycles. The lowest BCUT2D eigenvalue weighted by molar-refractivity contribution is -0.125. The van der Waals surface area contributed by atoms with Crippen LogP contribution in [0.3, 0.4) is 0 Å². The molecule has 0 bridgehead atoms. The van der Waals surface area contributed by atoms with Gasteiger partial charge >= 0.3 is 0 Å². The highest BCUT2D eigenvalue weighted by molar-refractivity contribution is 5.79. The first kappa shape index (κ1) is 17.1. The van der Waals surface area contributed by atoms with Gasteiger partial charge in [-0.25, -0.2) is 4.39 Å². The van der Waals surface area contributed by atoms with Crippen molar-refractivity contribution in [2.24, 2.45) is 5.92 Å². The van der Waals surface area contributed by atoms with Crippen molar-refractivity contribution in [3.63, 3.8) is 0 Å². The highest BCUT2D eigenvalue weighted by Crippen LogP contribution is 2.23. The molecule has 2 unspecified atom stereocenters. The number of ether oxygens (including phenoxy) is 1. The molecule has 1 saturated heterocycles. The van der Waals surface area contributed by atoms with Gasteiger partial charge in [-0.15, -0.1) is 0 Å². The Labute approximate surface area is 142 Å². The number of morpholine rings is 1. The first-order valence-electron chi connectivity index (χ1n) is 8.74.